The summed E-state index contributed by atoms with van der Waals surface area (Å²) in [5, 5.41) is 9.47. The van der Waals surface area contributed by atoms with Crippen molar-refractivity contribution in [3.8, 4) is 6.07 Å². The summed E-state index contributed by atoms with van der Waals surface area (Å²) >= 11 is 0. The number of nitriles is 1. The summed E-state index contributed by atoms with van der Waals surface area (Å²) in [7, 11) is 0. The molecule has 1 amide bonds. The Morgan fingerprint density at radius 3 is 2.38 bits per heavy atom. The Balaban J connectivity index is 1.71. The first kappa shape index (κ1) is 17.9. The fourth-order valence-corrected chi connectivity index (χ4v) is 3.41. The van der Waals surface area contributed by atoms with Gasteiger partial charge in [-0.15, -0.1) is 0 Å². The van der Waals surface area contributed by atoms with Gasteiger partial charge in [-0.25, -0.2) is 0 Å². The largest absolute Gasteiger partial charge is 0.367 e. The highest BCUT2D eigenvalue weighted by atomic mass is 16.2. The number of piperazine rings is 1. The lowest BCUT2D eigenvalue weighted by Gasteiger charge is -2.36. The summed E-state index contributed by atoms with van der Waals surface area (Å²) < 4.78 is 0. The van der Waals surface area contributed by atoms with Crippen molar-refractivity contribution in [1.29, 1.82) is 5.26 Å². The van der Waals surface area contributed by atoms with E-state index in [1.807, 2.05) is 49.1 Å². The van der Waals surface area contributed by atoms with Gasteiger partial charge in [0.2, 0.25) is 0 Å². The lowest BCUT2D eigenvalue weighted by Crippen LogP contribution is -2.49. The van der Waals surface area contributed by atoms with Gasteiger partial charge in [0.25, 0.3) is 5.91 Å². The van der Waals surface area contributed by atoms with Crippen LogP contribution in [0.4, 0.5) is 5.69 Å². The van der Waals surface area contributed by atoms with Crippen molar-refractivity contribution in [1.82, 2.24) is 9.88 Å². The summed E-state index contributed by atoms with van der Waals surface area (Å²) in [6, 6.07) is 12.1. The molecular weight excluding hydrogens is 324 g/mol. The molecule has 5 heteroatoms. The molecule has 1 aromatic heterocycles. The van der Waals surface area contributed by atoms with Crippen molar-refractivity contribution in [3.63, 3.8) is 0 Å². The quantitative estimate of drug-likeness (QED) is 0.855. The first-order valence-corrected chi connectivity index (χ1v) is 9.05. The lowest BCUT2D eigenvalue weighted by atomic mass is 10.1. The maximum Gasteiger partial charge on any atom is 0.253 e. The van der Waals surface area contributed by atoms with Crippen molar-refractivity contribution in [2.45, 2.75) is 27.2 Å². The van der Waals surface area contributed by atoms with E-state index in [0.29, 0.717) is 18.7 Å². The highest BCUT2D eigenvalue weighted by Crippen LogP contribution is 2.24. The van der Waals surface area contributed by atoms with Gasteiger partial charge in [0.15, 0.2) is 0 Å². The normalized spacial score (nSPS) is 14.2. The molecule has 1 fully saturated rings. The minimum absolute atomic E-state index is 0.0786. The summed E-state index contributed by atoms with van der Waals surface area (Å²) in [4.78, 5) is 21.2. The molecule has 1 aromatic carbocycles. The second kappa shape index (κ2) is 7.57. The molecule has 0 spiro atoms. The minimum atomic E-state index is 0.0786. The molecule has 0 aliphatic carbocycles. The molecule has 0 atom stereocenters. The van der Waals surface area contributed by atoms with Crippen molar-refractivity contribution in [2.75, 3.05) is 31.1 Å². The molecule has 1 saturated heterocycles. The number of rotatable bonds is 3. The monoisotopic (exact) mass is 348 g/mol. The number of benzene rings is 1. The number of nitrogens with zero attached hydrogens (tertiary/aromatic N) is 4. The predicted molar refractivity (Wildman–Crippen MR) is 102 cm³/mol. The van der Waals surface area contributed by atoms with Crippen LogP contribution in [0.25, 0.3) is 0 Å². The molecule has 0 unspecified atom stereocenters. The Morgan fingerprint density at radius 1 is 1.15 bits per heavy atom. The number of aromatic nitrogens is 1. The molecule has 0 saturated carbocycles. The van der Waals surface area contributed by atoms with Gasteiger partial charge >= 0.3 is 0 Å². The van der Waals surface area contributed by atoms with Crippen LogP contribution < -0.4 is 4.90 Å². The zero-order valence-electron chi connectivity index (χ0n) is 15.6. The third-order valence-electron chi connectivity index (χ3n) is 4.94. The Labute approximate surface area is 154 Å². The fourth-order valence-electron chi connectivity index (χ4n) is 3.41. The summed E-state index contributed by atoms with van der Waals surface area (Å²) in [5.74, 6) is 0.0786. The summed E-state index contributed by atoms with van der Waals surface area (Å²) in [6.45, 7) is 8.66. The van der Waals surface area contributed by atoms with Gasteiger partial charge in [-0.2, -0.15) is 5.26 Å². The molecule has 2 aromatic rings. The van der Waals surface area contributed by atoms with Crippen molar-refractivity contribution >= 4 is 11.6 Å². The molecule has 0 radical (unpaired) electrons. The van der Waals surface area contributed by atoms with Gasteiger partial charge in [-0.05, 0) is 44.0 Å². The molecule has 0 bridgehead atoms. The Hall–Kier alpha value is -2.87. The van der Waals surface area contributed by atoms with Gasteiger partial charge in [0.1, 0.15) is 6.07 Å². The average Bonchev–Trinajstić information content (AvgIpc) is 2.67. The smallest absolute Gasteiger partial charge is 0.253 e. The minimum Gasteiger partial charge on any atom is -0.367 e. The Kier molecular flexibility index (Phi) is 5.22. The predicted octanol–water partition coefficient (Wildman–Crippen LogP) is 3.09. The second-order valence-electron chi connectivity index (χ2n) is 6.68. The van der Waals surface area contributed by atoms with E-state index in [9.17, 15) is 10.1 Å². The molecule has 2 heterocycles. The summed E-state index contributed by atoms with van der Waals surface area (Å²) in [5.41, 5.74) is 5.20. The molecule has 1 aliphatic rings. The number of aryl methyl sites for hydroxylation is 3. The van der Waals surface area contributed by atoms with Gasteiger partial charge < -0.3 is 9.80 Å². The Morgan fingerprint density at radius 2 is 1.81 bits per heavy atom. The molecule has 134 valence electrons. The van der Waals surface area contributed by atoms with Gasteiger partial charge in [0, 0.05) is 37.4 Å². The van der Waals surface area contributed by atoms with E-state index in [4.69, 9.17) is 0 Å². The highest BCUT2D eigenvalue weighted by molar-refractivity contribution is 5.94. The van der Waals surface area contributed by atoms with Crippen LogP contribution in [0.15, 0.2) is 30.3 Å². The van der Waals surface area contributed by atoms with Gasteiger partial charge in [0.05, 0.1) is 16.9 Å². The van der Waals surface area contributed by atoms with Gasteiger partial charge in [-0.1, -0.05) is 19.1 Å². The molecule has 5 nitrogen and oxygen atoms in total. The molecule has 0 N–H and O–H groups in total. The number of anilines is 1. The average molecular weight is 348 g/mol. The number of hydrogen-bond acceptors (Lipinski definition) is 4. The van der Waals surface area contributed by atoms with Crippen molar-refractivity contribution in [3.05, 3.63) is 58.4 Å². The van der Waals surface area contributed by atoms with Crippen LogP contribution in [0.1, 0.15) is 39.8 Å². The van der Waals surface area contributed by atoms with Crippen molar-refractivity contribution in [2.24, 2.45) is 0 Å². The number of amides is 1. The number of carbonyl (C=O) groups excluding carboxylic acids is 1. The SMILES string of the molecule is CCc1ccc(C(=O)N2CCN(c3cc(C)nc(C)c3C#N)CC2)cc1. The summed E-state index contributed by atoms with van der Waals surface area (Å²) in [6.07, 6.45) is 0.971. The third kappa shape index (κ3) is 3.55. The number of hydrogen-bond donors (Lipinski definition) is 0. The molecular formula is C21H24N4O. The highest BCUT2D eigenvalue weighted by Gasteiger charge is 2.24. The van der Waals surface area contributed by atoms with E-state index in [0.717, 1.165) is 42.1 Å². The van der Waals surface area contributed by atoms with Crippen LogP contribution >= 0.6 is 0 Å². The molecule has 26 heavy (non-hydrogen) atoms. The number of pyridine rings is 1. The standard InChI is InChI=1S/C21H24N4O/c1-4-17-5-7-18(8-6-17)21(26)25-11-9-24(10-12-25)20-13-15(2)23-16(3)19(20)14-22/h5-8,13H,4,9-12H2,1-3H3. The van der Waals surface area contributed by atoms with E-state index >= 15 is 0 Å². The number of carbonyl (C=O) groups is 1. The van der Waals surface area contributed by atoms with E-state index < -0.39 is 0 Å². The van der Waals surface area contributed by atoms with E-state index in [1.54, 1.807) is 0 Å². The first-order chi connectivity index (χ1) is 12.5. The van der Waals surface area contributed by atoms with E-state index in [-0.39, 0.29) is 5.91 Å². The van der Waals surface area contributed by atoms with Crippen LogP contribution in [0.3, 0.4) is 0 Å². The van der Waals surface area contributed by atoms with Crippen LogP contribution in [0.2, 0.25) is 0 Å². The molecule has 1 aliphatic heterocycles. The van der Waals surface area contributed by atoms with Crippen molar-refractivity contribution < 1.29 is 4.79 Å². The van der Waals surface area contributed by atoms with Crippen LogP contribution in [0, 0.1) is 25.2 Å². The fraction of sp³-hybridized carbons (Fsp3) is 0.381. The lowest BCUT2D eigenvalue weighted by molar-refractivity contribution is 0.0746. The van der Waals surface area contributed by atoms with E-state index in [2.05, 4.69) is 22.9 Å². The van der Waals surface area contributed by atoms with Crippen LogP contribution in [-0.4, -0.2) is 42.0 Å². The Bertz CT molecular complexity index is 844. The van der Waals surface area contributed by atoms with Crippen LogP contribution in [0.5, 0.6) is 0 Å². The maximum atomic E-state index is 12.7. The topological polar surface area (TPSA) is 60.2 Å². The first-order valence-electron chi connectivity index (χ1n) is 9.05. The molecule has 3 rings (SSSR count). The zero-order chi connectivity index (χ0) is 18.7. The van der Waals surface area contributed by atoms with E-state index in [1.165, 1.54) is 5.56 Å². The van der Waals surface area contributed by atoms with Crippen LogP contribution in [-0.2, 0) is 6.42 Å². The maximum absolute atomic E-state index is 12.7. The zero-order valence-corrected chi connectivity index (χ0v) is 15.6. The van der Waals surface area contributed by atoms with Gasteiger partial charge in [-0.3, -0.25) is 9.78 Å². The second-order valence-corrected chi connectivity index (χ2v) is 6.68. The third-order valence-corrected chi connectivity index (χ3v) is 4.94.